The van der Waals surface area contributed by atoms with Crippen molar-refractivity contribution in [3.8, 4) is 0 Å². The van der Waals surface area contributed by atoms with Gasteiger partial charge in [-0.25, -0.2) is 8.78 Å². The molecular weight excluding hydrogens is 264 g/mol. The molecule has 0 aliphatic heterocycles. The third-order valence-electron chi connectivity index (χ3n) is 3.67. The first kappa shape index (κ1) is 16.6. The Morgan fingerprint density at radius 1 is 1.40 bits per heavy atom. The highest BCUT2D eigenvalue weighted by Gasteiger charge is 2.27. The molecule has 1 aromatic carbocycles. The Bertz CT molecular complexity index is 475. The minimum Gasteiger partial charge on any atom is -0.388 e. The van der Waals surface area contributed by atoms with Crippen LogP contribution in [-0.2, 0) is 11.2 Å². The van der Waals surface area contributed by atoms with Crippen molar-refractivity contribution in [2.45, 2.75) is 39.2 Å². The van der Waals surface area contributed by atoms with Crippen LogP contribution in [0.25, 0.3) is 0 Å². The molecule has 0 aromatic heterocycles. The zero-order chi connectivity index (χ0) is 15.3. The molecule has 0 spiro atoms. The van der Waals surface area contributed by atoms with E-state index in [4.69, 9.17) is 0 Å². The van der Waals surface area contributed by atoms with Gasteiger partial charge in [0.1, 0.15) is 0 Å². The van der Waals surface area contributed by atoms with E-state index in [-0.39, 0.29) is 24.8 Å². The molecule has 112 valence electrons. The van der Waals surface area contributed by atoms with Gasteiger partial charge in [-0.2, -0.15) is 0 Å². The number of carbonyl (C=O) groups excluding carboxylic acids is 1. The van der Waals surface area contributed by atoms with Gasteiger partial charge >= 0.3 is 0 Å². The third kappa shape index (κ3) is 4.56. The molecular formula is C15H21F2NO2. The summed E-state index contributed by atoms with van der Waals surface area (Å²) in [6.45, 7) is 5.66. The van der Waals surface area contributed by atoms with Gasteiger partial charge in [0.25, 0.3) is 0 Å². The van der Waals surface area contributed by atoms with E-state index < -0.39 is 17.2 Å². The van der Waals surface area contributed by atoms with Crippen LogP contribution in [0.4, 0.5) is 8.78 Å². The molecule has 1 amide bonds. The fraction of sp³-hybridized carbons (Fsp3) is 0.533. The van der Waals surface area contributed by atoms with Crippen molar-refractivity contribution in [3.05, 3.63) is 35.4 Å². The minimum absolute atomic E-state index is 0.0473. The van der Waals surface area contributed by atoms with Gasteiger partial charge in [-0.3, -0.25) is 4.79 Å². The van der Waals surface area contributed by atoms with E-state index >= 15 is 0 Å². The SMILES string of the molecule is CCC(C)C(C)(O)CNC(=O)Cc1ccc(F)c(F)c1. The largest absolute Gasteiger partial charge is 0.388 e. The first-order chi connectivity index (χ1) is 9.26. The van der Waals surface area contributed by atoms with Gasteiger partial charge in [0, 0.05) is 6.54 Å². The molecule has 0 aliphatic rings. The highest BCUT2D eigenvalue weighted by atomic mass is 19.2. The molecule has 2 atom stereocenters. The summed E-state index contributed by atoms with van der Waals surface area (Å²) >= 11 is 0. The number of carbonyl (C=O) groups is 1. The maximum atomic E-state index is 13.0. The number of amides is 1. The number of hydrogen-bond donors (Lipinski definition) is 2. The zero-order valence-electron chi connectivity index (χ0n) is 12.0. The summed E-state index contributed by atoms with van der Waals surface area (Å²) in [7, 11) is 0. The van der Waals surface area contributed by atoms with E-state index in [0.717, 1.165) is 18.6 Å². The van der Waals surface area contributed by atoms with Gasteiger partial charge in [-0.05, 0) is 30.5 Å². The van der Waals surface area contributed by atoms with Crippen molar-refractivity contribution < 1.29 is 18.7 Å². The lowest BCUT2D eigenvalue weighted by molar-refractivity contribution is -0.122. The van der Waals surface area contributed by atoms with Crippen molar-refractivity contribution in [3.63, 3.8) is 0 Å². The molecule has 3 nitrogen and oxygen atoms in total. The van der Waals surface area contributed by atoms with E-state index in [1.54, 1.807) is 6.92 Å². The van der Waals surface area contributed by atoms with Crippen molar-refractivity contribution in [2.75, 3.05) is 6.54 Å². The van der Waals surface area contributed by atoms with Crippen molar-refractivity contribution in [2.24, 2.45) is 5.92 Å². The van der Waals surface area contributed by atoms with Crippen LogP contribution >= 0.6 is 0 Å². The molecule has 0 heterocycles. The summed E-state index contributed by atoms with van der Waals surface area (Å²) in [5.74, 6) is -2.19. The Labute approximate surface area is 118 Å². The second-order valence-electron chi connectivity index (χ2n) is 5.37. The predicted octanol–water partition coefficient (Wildman–Crippen LogP) is 2.42. The summed E-state index contributed by atoms with van der Waals surface area (Å²) < 4.78 is 25.8. The summed E-state index contributed by atoms with van der Waals surface area (Å²) in [5, 5.41) is 12.8. The molecule has 0 saturated carbocycles. The molecule has 1 rings (SSSR count). The Kier molecular flexibility index (Phi) is 5.62. The average molecular weight is 285 g/mol. The number of halogens is 2. The number of hydrogen-bond acceptors (Lipinski definition) is 2. The van der Waals surface area contributed by atoms with Crippen LogP contribution in [-0.4, -0.2) is 23.2 Å². The third-order valence-corrected chi connectivity index (χ3v) is 3.67. The highest BCUT2D eigenvalue weighted by Crippen LogP contribution is 2.18. The van der Waals surface area contributed by atoms with Crippen molar-refractivity contribution in [1.82, 2.24) is 5.32 Å². The monoisotopic (exact) mass is 285 g/mol. The van der Waals surface area contributed by atoms with Gasteiger partial charge in [0.15, 0.2) is 11.6 Å². The summed E-state index contributed by atoms with van der Waals surface area (Å²) in [6, 6.07) is 3.36. The predicted molar refractivity (Wildman–Crippen MR) is 73.2 cm³/mol. The molecule has 20 heavy (non-hydrogen) atoms. The smallest absolute Gasteiger partial charge is 0.224 e. The van der Waals surface area contributed by atoms with Gasteiger partial charge in [0.2, 0.25) is 5.91 Å². The van der Waals surface area contributed by atoms with Crippen molar-refractivity contribution >= 4 is 5.91 Å². The van der Waals surface area contributed by atoms with Crippen LogP contribution in [0, 0.1) is 17.6 Å². The summed E-state index contributed by atoms with van der Waals surface area (Å²) in [6.07, 6.45) is 0.750. The number of benzene rings is 1. The minimum atomic E-state index is -0.988. The maximum absolute atomic E-state index is 13.0. The van der Waals surface area contributed by atoms with Crippen LogP contribution in [0.5, 0.6) is 0 Å². The second kappa shape index (κ2) is 6.79. The fourth-order valence-corrected chi connectivity index (χ4v) is 1.79. The van der Waals surface area contributed by atoms with E-state index in [9.17, 15) is 18.7 Å². The lowest BCUT2D eigenvalue weighted by Gasteiger charge is -2.29. The summed E-state index contributed by atoms with van der Waals surface area (Å²) in [4.78, 5) is 11.7. The fourth-order valence-electron chi connectivity index (χ4n) is 1.79. The van der Waals surface area contributed by atoms with Gasteiger partial charge in [0.05, 0.1) is 12.0 Å². The molecule has 2 unspecified atom stereocenters. The normalized spacial score (nSPS) is 15.5. The molecule has 5 heteroatoms. The van der Waals surface area contributed by atoms with Gasteiger partial charge in [-0.15, -0.1) is 0 Å². The Hall–Kier alpha value is -1.49. The van der Waals surface area contributed by atoms with E-state index in [1.807, 2.05) is 13.8 Å². The number of rotatable bonds is 6. The topological polar surface area (TPSA) is 49.3 Å². The highest BCUT2D eigenvalue weighted by molar-refractivity contribution is 5.78. The lowest BCUT2D eigenvalue weighted by atomic mass is 9.88. The van der Waals surface area contributed by atoms with Crippen molar-refractivity contribution in [1.29, 1.82) is 0 Å². The molecule has 1 aromatic rings. The first-order valence-corrected chi connectivity index (χ1v) is 6.69. The molecule has 0 fully saturated rings. The van der Waals surface area contributed by atoms with Gasteiger partial charge < -0.3 is 10.4 Å². The van der Waals surface area contributed by atoms with Crippen LogP contribution in [0.15, 0.2) is 18.2 Å². The number of nitrogens with one attached hydrogen (secondary N) is 1. The maximum Gasteiger partial charge on any atom is 0.224 e. The molecule has 2 N–H and O–H groups in total. The molecule has 0 radical (unpaired) electrons. The van der Waals surface area contributed by atoms with Crippen LogP contribution < -0.4 is 5.32 Å². The molecule has 0 saturated heterocycles. The van der Waals surface area contributed by atoms with Crippen LogP contribution in [0.3, 0.4) is 0 Å². The van der Waals surface area contributed by atoms with E-state index in [0.29, 0.717) is 5.56 Å². The summed E-state index contributed by atoms with van der Waals surface area (Å²) in [5.41, 5.74) is -0.595. The zero-order valence-corrected chi connectivity index (χ0v) is 12.0. The van der Waals surface area contributed by atoms with Crippen LogP contribution in [0.2, 0.25) is 0 Å². The van der Waals surface area contributed by atoms with E-state index in [1.165, 1.54) is 6.07 Å². The quantitative estimate of drug-likeness (QED) is 0.843. The average Bonchev–Trinajstić information content (AvgIpc) is 2.40. The standard InChI is InChI=1S/C15H21F2NO2/c1-4-10(2)15(3,20)9-18-14(19)8-11-5-6-12(16)13(17)7-11/h5-7,10,20H,4,8-9H2,1-3H3,(H,18,19). The van der Waals surface area contributed by atoms with Gasteiger partial charge in [-0.1, -0.05) is 26.3 Å². The Balaban J connectivity index is 2.54. The lowest BCUT2D eigenvalue weighted by Crippen LogP contribution is -2.45. The first-order valence-electron chi connectivity index (χ1n) is 6.69. The Morgan fingerprint density at radius 2 is 2.05 bits per heavy atom. The Morgan fingerprint density at radius 3 is 2.60 bits per heavy atom. The van der Waals surface area contributed by atoms with E-state index in [2.05, 4.69) is 5.32 Å². The molecule has 0 bridgehead atoms. The molecule has 0 aliphatic carbocycles. The van der Waals surface area contributed by atoms with Crippen LogP contribution in [0.1, 0.15) is 32.8 Å². The second-order valence-corrected chi connectivity index (χ2v) is 5.37. The number of aliphatic hydroxyl groups is 1.